The first-order chi connectivity index (χ1) is 10.7. The zero-order valence-electron chi connectivity index (χ0n) is 12.7. The average molecular weight is 338 g/mol. The van der Waals surface area contributed by atoms with E-state index < -0.39 is 0 Å². The number of fused-ring (bicyclic) bond motifs is 1. The predicted molar refractivity (Wildman–Crippen MR) is 91.4 cm³/mol. The van der Waals surface area contributed by atoms with Gasteiger partial charge in [-0.05, 0) is 18.9 Å². The van der Waals surface area contributed by atoms with Gasteiger partial charge in [-0.25, -0.2) is 4.98 Å². The Balaban J connectivity index is 1.72. The lowest BCUT2D eigenvalue weighted by atomic mass is 10.1. The first-order valence-corrected chi connectivity index (χ1v) is 8.98. The molecular weight excluding hydrogens is 318 g/mol. The van der Waals surface area contributed by atoms with E-state index in [4.69, 9.17) is 11.6 Å². The molecule has 1 saturated carbocycles. The number of halogens is 1. The highest BCUT2D eigenvalue weighted by Crippen LogP contribution is 2.23. The summed E-state index contributed by atoms with van der Waals surface area (Å²) in [6.45, 7) is 0. The van der Waals surface area contributed by atoms with Crippen molar-refractivity contribution in [2.45, 2.75) is 44.6 Å². The lowest BCUT2D eigenvalue weighted by Crippen LogP contribution is -2.35. The summed E-state index contributed by atoms with van der Waals surface area (Å²) in [5.74, 6) is 0.0353. The van der Waals surface area contributed by atoms with E-state index in [1.165, 1.54) is 37.0 Å². The number of carbonyl (C=O) groups is 1. The summed E-state index contributed by atoms with van der Waals surface area (Å²) in [5.41, 5.74) is 0.764. The van der Waals surface area contributed by atoms with Crippen LogP contribution in [-0.4, -0.2) is 33.3 Å². The van der Waals surface area contributed by atoms with Crippen molar-refractivity contribution < 1.29 is 4.79 Å². The van der Waals surface area contributed by atoms with Crippen LogP contribution in [0.15, 0.2) is 17.7 Å². The van der Waals surface area contributed by atoms with E-state index >= 15 is 0 Å². The molecule has 1 amide bonds. The Bertz CT molecular complexity index is 683. The molecule has 4 nitrogen and oxygen atoms in total. The van der Waals surface area contributed by atoms with Crippen LogP contribution < -0.4 is 0 Å². The molecule has 118 valence electrons. The van der Waals surface area contributed by atoms with Gasteiger partial charge in [-0.2, -0.15) is 0 Å². The highest BCUT2D eigenvalue weighted by atomic mass is 35.5. The second-order valence-corrected chi connectivity index (χ2v) is 7.00. The number of imidazole rings is 1. The fraction of sp³-hybridized carbons (Fsp3) is 0.500. The van der Waals surface area contributed by atoms with Crippen LogP contribution in [0.1, 0.15) is 44.2 Å². The molecule has 2 aromatic rings. The van der Waals surface area contributed by atoms with Crippen molar-refractivity contribution in [1.29, 1.82) is 0 Å². The van der Waals surface area contributed by atoms with Gasteiger partial charge in [0.15, 0.2) is 10.1 Å². The van der Waals surface area contributed by atoms with E-state index in [2.05, 4.69) is 4.98 Å². The molecule has 0 atom stereocenters. The minimum atomic E-state index is 0.0353. The topological polar surface area (TPSA) is 37.6 Å². The van der Waals surface area contributed by atoms with E-state index in [9.17, 15) is 4.79 Å². The van der Waals surface area contributed by atoms with Gasteiger partial charge in [0.1, 0.15) is 0 Å². The maximum atomic E-state index is 12.4. The summed E-state index contributed by atoms with van der Waals surface area (Å²) < 4.78 is 1.91. The molecule has 6 heteroatoms. The minimum absolute atomic E-state index is 0.0353. The second kappa shape index (κ2) is 6.84. The van der Waals surface area contributed by atoms with Gasteiger partial charge in [0.05, 0.1) is 5.69 Å². The lowest BCUT2D eigenvalue weighted by molar-refractivity contribution is -0.126. The van der Waals surface area contributed by atoms with Gasteiger partial charge in [0.2, 0.25) is 5.91 Å². The molecule has 3 rings (SSSR count). The summed E-state index contributed by atoms with van der Waals surface area (Å²) in [6.07, 6.45) is 12.5. The molecule has 0 saturated heterocycles. The monoisotopic (exact) mass is 337 g/mol. The number of nitrogens with zero attached hydrogens (tertiary/aromatic N) is 3. The van der Waals surface area contributed by atoms with Crippen LogP contribution >= 0.6 is 22.9 Å². The maximum Gasteiger partial charge on any atom is 0.246 e. The quantitative estimate of drug-likeness (QED) is 0.620. The highest BCUT2D eigenvalue weighted by molar-refractivity contribution is 7.15. The fourth-order valence-corrected chi connectivity index (χ4v) is 4.02. The molecule has 1 aliphatic carbocycles. The Labute approximate surface area is 139 Å². The maximum absolute atomic E-state index is 12.4. The van der Waals surface area contributed by atoms with Crippen molar-refractivity contribution in [3.63, 3.8) is 0 Å². The van der Waals surface area contributed by atoms with Crippen molar-refractivity contribution >= 4 is 39.9 Å². The normalized spacial score (nSPS) is 17.2. The summed E-state index contributed by atoms with van der Waals surface area (Å²) >= 11 is 7.67. The Kier molecular flexibility index (Phi) is 4.84. The molecule has 1 aliphatic rings. The molecule has 0 N–H and O–H groups in total. The van der Waals surface area contributed by atoms with Gasteiger partial charge in [-0.15, -0.1) is 11.3 Å². The first kappa shape index (κ1) is 15.6. The van der Waals surface area contributed by atoms with Crippen LogP contribution in [0.5, 0.6) is 0 Å². The summed E-state index contributed by atoms with van der Waals surface area (Å²) in [4.78, 5) is 19.4. The van der Waals surface area contributed by atoms with Crippen molar-refractivity contribution in [2.24, 2.45) is 0 Å². The molecule has 0 radical (unpaired) electrons. The van der Waals surface area contributed by atoms with Crippen molar-refractivity contribution in [2.75, 3.05) is 7.05 Å². The third-order valence-corrected chi connectivity index (χ3v) is 5.39. The summed E-state index contributed by atoms with van der Waals surface area (Å²) in [5, 5.41) is 2.39. The zero-order valence-corrected chi connectivity index (χ0v) is 14.2. The van der Waals surface area contributed by atoms with Gasteiger partial charge >= 0.3 is 0 Å². The van der Waals surface area contributed by atoms with E-state index in [0.717, 1.165) is 23.5 Å². The Morgan fingerprint density at radius 1 is 1.41 bits per heavy atom. The van der Waals surface area contributed by atoms with Crippen LogP contribution in [0.4, 0.5) is 0 Å². The van der Waals surface area contributed by atoms with Crippen LogP contribution in [0.3, 0.4) is 0 Å². The van der Waals surface area contributed by atoms with E-state index in [-0.39, 0.29) is 5.91 Å². The number of hydrogen-bond acceptors (Lipinski definition) is 3. The molecule has 0 aromatic carbocycles. The number of amides is 1. The first-order valence-electron chi connectivity index (χ1n) is 7.73. The van der Waals surface area contributed by atoms with Gasteiger partial charge in [0.25, 0.3) is 0 Å². The minimum Gasteiger partial charge on any atom is -0.339 e. The number of rotatable bonds is 3. The smallest absolute Gasteiger partial charge is 0.246 e. The molecule has 0 unspecified atom stereocenters. The Morgan fingerprint density at radius 3 is 2.86 bits per heavy atom. The van der Waals surface area contributed by atoms with E-state index in [1.807, 2.05) is 27.9 Å². The van der Waals surface area contributed by atoms with E-state index in [1.54, 1.807) is 12.2 Å². The van der Waals surface area contributed by atoms with Crippen LogP contribution in [0.2, 0.25) is 5.15 Å². The van der Waals surface area contributed by atoms with Crippen LogP contribution in [0, 0.1) is 0 Å². The molecule has 2 aromatic heterocycles. The standard InChI is InChI=1S/C16H20ClN3OS/c1-19(12-6-4-2-3-5-7-12)14(21)9-8-13-15(17)18-16-20(13)10-11-22-16/h8-12H,2-7H2,1H3. The number of likely N-dealkylation sites (N-methyl/N-ethyl adjacent to an activating group) is 1. The van der Waals surface area contributed by atoms with Gasteiger partial charge in [-0.1, -0.05) is 37.3 Å². The van der Waals surface area contributed by atoms with Crippen molar-refractivity contribution in [1.82, 2.24) is 14.3 Å². The molecule has 22 heavy (non-hydrogen) atoms. The highest BCUT2D eigenvalue weighted by Gasteiger charge is 2.19. The van der Waals surface area contributed by atoms with Crippen LogP contribution in [0.25, 0.3) is 11.0 Å². The number of aromatic nitrogens is 2. The lowest BCUT2D eigenvalue weighted by Gasteiger charge is -2.26. The van der Waals surface area contributed by atoms with Crippen molar-refractivity contribution in [3.05, 3.63) is 28.5 Å². The Morgan fingerprint density at radius 2 is 2.14 bits per heavy atom. The molecular formula is C16H20ClN3OS. The average Bonchev–Trinajstić information content (AvgIpc) is 2.94. The third-order valence-electron chi connectivity index (χ3n) is 4.36. The molecule has 2 heterocycles. The fourth-order valence-electron chi connectivity index (χ4n) is 3.02. The largest absolute Gasteiger partial charge is 0.339 e. The number of hydrogen-bond donors (Lipinski definition) is 0. The second-order valence-electron chi connectivity index (χ2n) is 5.77. The van der Waals surface area contributed by atoms with Gasteiger partial charge in [-0.3, -0.25) is 9.20 Å². The Hall–Kier alpha value is -1.33. The third kappa shape index (κ3) is 3.20. The van der Waals surface area contributed by atoms with Crippen LogP contribution in [-0.2, 0) is 4.79 Å². The molecule has 0 bridgehead atoms. The SMILES string of the molecule is CN(C(=O)C=Cc1c(Cl)nc2sccn12)C1CCCCCC1. The zero-order chi connectivity index (χ0) is 15.5. The number of thiazole rings is 1. The summed E-state index contributed by atoms with van der Waals surface area (Å²) in [7, 11) is 1.90. The van der Waals surface area contributed by atoms with Crippen molar-refractivity contribution in [3.8, 4) is 0 Å². The summed E-state index contributed by atoms with van der Waals surface area (Å²) in [6, 6.07) is 0.363. The number of carbonyl (C=O) groups excluding carboxylic acids is 1. The predicted octanol–water partition coefficient (Wildman–Crippen LogP) is 4.24. The molecule has 0 aliphatic heterocycles. The molecule has 1 fully saturated rings. The van der Waals surface area contributed by atoms with Gasteiger partial charge in [0, 0.05) is 30.7 Å². The molecule has 0 spiro atoms. The van der Waals surface area contributed by atoms with E-state index in [0.29, 0.717) is 11.2 Å². The van der Waals surface area contributed by atoms with Gasteiger partial charge < -0.3 is 4.90 Å².